The molecule has 1 aliphatic rings. The summed E-state index contributed by atoms with van der Waals surface area (Å²) >= 11 is 0. The molecule has 186 valence electrons. The number of ether oxygens (including phenoxy) is 2. The van der Waals surface area contributed by atoms with Crippen LogP contribution < -0.4 is 19.1 Å². The monoisotopic (exact) mass is 489 g/mol. The zero-order valence-electron chi connectivity index (χ0n) is 20.2. The molecule has 2 aromatic rings. The Morgan fingerprint density at radius 3 is 2.44 bits per heavy atom. The Kier molecular flexibility index (Phi) is 9.18. The molecule has 3 rings (SSSR count). The molecule has 0 radical (unpaired) electrons. The summed E-state index contributed by atoms with van der Waals surface area (Å²) in [5.74, 6) is 0.893. The minimum absolute atomic E-state index is 0.143. The van der Waals surface area contributed by atoms with Crippen molar-refractivity contribution >= 4 is 21.8 Å². The largest absolute Gasteiger partial charge is 0.494 e. The van der Waals surface area contributed by atoms with Gasteiger partial charge in [-0.1, -0.05) is 18.2 Å². The molecule has 1 heterocycles. The van der Waals surface area contributed by atoms with E-state index in [1.165, 1.54) is 8.61 Å². The Balaban J connectivity index is 1.67. The van der Waals surface area contributed by atoms with Crippen LogP contribution >= 0.6 is 0 Å². The van der Waals surface area contributed by atoms with E-state index in [4.69, 9.17) is 9.47 Å². The molecule has 1 N–H and O–H groups in total. The van der Waals surface area contributed by atoms with Crippen molar-refractivity contribution in [2.24, 2.45) is 5.92 Å². The highest BCUT2D eigenvalue weighted by atomic mass is 32.2. The number of hydrogen-bond acceptors (Lipinski definition) is 5. The van der Waals surface area contributed by atoms with Crippen molar-refractivity contribution in [3.8, 4) is 11.5 Å². The van der Waals surface area contributed by atoms with Gasteiger partial charge >= 0.3 is 10.2 Å². The average Bonchev–Trinajstić information content (AvgIpc) is 2.85. The third-order valence-corrected chi connectivity index (χ3v) is 7.82. The predicted molar refractivity (Wildman–Crippen MR) is 133 cm³/mol. The molecule has 1 fully saturated rings. The van der Waals surface area contributed by atoms with E-state index < -0.39 is 16.1 Å². The van der Waals surface area contributed by atoms with Crippen LogP contribution in [0.4, 0.5) is 5.69 Å². The summed E-state index contributed by atoms with van der Waals surface area (Å²) < 4.78 is 40.8. The van der Waals surface area contributed by atoms with Gasteiger partial charge in [-0.15, -0.1) is 0 Å². The minimum atomic E-state index is -3.77. The van der Waals surface area contributed by atoms with Gasteiger partial charge in [0.05, 0.1) is 24.8 Å². The van der Waals surface area contributed by atoms with Gasteiger partial charge in [-0.05, 0) is 63.9 Å². The van der Waals surface area contributed by atoms with Crippen molar-refractivity contribution in [1.29, 1.82) is 0 Å². The smallest absolute Gasteiger partial charge is 0.304 e. The van der Waals surface area contributed by atoms with Crippen LogP contribution in [-0.4, -0.2) is 51.5 Å². The Bertz CT molecular complexity index is 1040. The first-order valence-corrected chi connectivity index (χ1v) is 13.3. The molecule has 0 aliphatic carbocycles. The van der Waals surface area contributed by atoms with E-state index in [1.807, 2.05) is 38.1 Å². The van der Waals surface area contributed by atoms with Gasteiger partial charge in [0.25, 0.3) is 0 Å². The fourth-order valence-corrected chi connectivity index (χ4v) is 5.85. The number of benzene rings is 2. The zero-order valence-corrected chi connectivity index (χ0v) is 21.0. The van der Waals surface area contributed by atoms with E-state index >= 15 is 0 Å². The molecule has 1 atom stereocenters. The van der Waals surface area contributed by atoms with Crippen LogP contribution in [-0.2, 0) is 21.5 Å². The molecule has 8 nitrogen and oxygen atoms in total. The number of carbonyl (C=O) groups is 1. The second kappa shape index (κ2) is 12.1. The van der Waals surface area contributed by atoms with Crippen LogP contribution in [0.3, 0.4) is 0 Å². The molecular formula is C25H35N3O5S. The van der Waals surface area contributed by atoms with Crippen molar-refractivity contribution in [2.75, 3.05) is 37.2 Å². The van der Waals surface area contributed by atoms with Gasteiger partial charge in [0.2, 0.25) is 5.91 Å². The maximum atomic E-state index is 13.5. The Hall–Kier alpha value is -2.78. The molecule has 2 aromatic carbocycles. The van der Waals surface area contributed by atoms with Gasteiger partial charge in [0.15, 0.2) is 0 Å². The third kappa shape index (κ3) is 6.21. The summed E-state index contributed by atoms with van der Waals surface area (Å²) in [5.41, 5.74) is 1.47. The molecule has 0 unspecified atom stereocenters. The second-order valence-corrected chi connectivity index (χ2v) is 9.91. The number of rotatable bonds is 11. The van der Waals surface area contributed by atoms with Crippen LogP contribution in [0.25, 0.3) is 0 Å². The number of hydrogen-bond donors (Lipinski definition) is 1. The molecule has 9 heteroatoms. The highest BCUT2D eigenvalue weighted by Crippen LogP contribution is 2.27. The lowest BCUT2D eigenvalue weighted by atomic mass is 9.98. The van der Waals surface area contributed by atoms with Gasteiger partial charge in [0.1, 0.15) is 11.5 Å². The molecule has 0 saturated carbocycles. The summed E-state index contributed by atoms with van der Waals surface area (Å²) in [6, 6.07) is 14.6. The van der Waals surface area contributed by atoms with Crippen LogP contribution in [0.1, 0.15) is 39.2 Å². The number of amides is 1. The molecule has 0 spiro atoms. The third-order valence-electron chi connectivity index (χ3n) is 5.81. The van der Waals surface area contributed by atoms with Crippen LogP contribution in [0.2, 0.25) is 0 Å². The molecule has 1 aliphatic heterocycles. The summed E-state index contributed by atoms with van der Waals surface area (Å²) in [4.78, 5) is 12.9. The SMILES string of the molecule is CCOc1ccc(N(CC)S(=O)(=O)N2CCC[C@@H](C(=O)NCc3ccccc3OCC)C2)cc1. The topological polar surface area (TPSA) is 88.2 Å². The molecule has 1 saturated heterocycles. The lowest BCUT2D eigenvalue weighted by Crippen LogP contribution is -2.50. The van der Waals surface area contributed by atoms with E-state index in [0.29, 0.717) is 50.6 Å². The fraction of sp³-hybridized carbons (Fsp3) is 0.480. The van der Waals surface area contributed by atoms with Gasteiger partial charge in [0, 0.05) is 31.7 Å². The molecule has 0 aromatic heterocycles. The molecule has 34 heavy (non-hydrogen) atoms. The summed E-state index contributed by atoms with van der Waals surface area (Å²) in [6.07, 6.45) is 1.29. The Morgan fingerprint density at radius 2 is 1.76 bits per heavy atom. The van der Waals surface area contributed by atoms with Gasteiger partial charge in [-0.2, -0.15) is 12.7 Å². The number of carbonyl (C=O) groups excluding carboxylic acids is 1. The maximum absolute atomic E-state index is 13.5. The van der Waals surface area contributed by atoms with E-state index in [9.17, 15) is 13.2 Å². The first-order valence-electron chi connectivity index (χ1n) is 11.9. The number of piperidine rings is 1. The predicted octanol–water partition coefficient (Wildman–Crippen LogP) is 3.58. The van der Waals surface area contributed by atoms with E-state index in [-0.39, 0.29) is 19.0 Å². The summed E-state index contributed by atoms with van der Waals surface area (Å²) in [6.45, 7) is 7.89. The van der Waals surface area contributed by atoms with Crippen molar-refractivity contribution in [3.63, 3.8) is 0 Å². The quantitative estimate of drug-likeness (QED) is 0.521. The van der Waals surface area contributed by atoms with Crippen molar-refractivity contribution < 1.29 is 22.7 Å². The average molecular weight is 490 g/mol. The van der Waals surface area contributed by atoms with Crippen molar-refractivity contribution in [1.82, 2.24) is 9.62 Å². The number of para-hydroxylation sites is 1. The van der Waals surface area contributed by atoms with Crippen LogP contribution in [0.5, 0.6) is 11.5 Å². The zero-order chi connectivity index (χ0) is 24.6. The summed E-state index contributed by atoms with van der Waals surface area (Å²) in [7, 11) is -3.77. The van der Waals surface area contributed by atoms with Crippen LogP contribution in [0.15, 0.2) is 48.5 Å². The highest BCUT2D eigenvalue weighted by molar-refractivity contribution is 7.90. The number of nitrogens with one attached hydrogen (secondary N) is 1. The van der Waals surface area contributed by atoms with Crippen LogP contribution in [0, 0.1) is 5.92 Å². The summed E-state index contributed by atoms with van der Waals surface area (Å²) in [5, 5.41) is 2.96. The maximum Gasteiger partial charge on any atom is 0.304 e. The van der Waals surface area contributed by atoms with Crippen molar-refractivity contribution in [3.05, 3.63) is 54.1 Å². The standard InChI is InChI=1S/C25H35N3O5S/c1-4-28(22-13-15-23(16-14-22)32-5-2)34(30,31)27-17-9-11-21(19-27)25(29)26-18-20-10-7-8-12-24(20)33-6-3/h7-8,10,12-16,21H,4-6,9,11,17-19H2,1-3H3,(H,26,29)/t21-/m1/s1. The first kappa shape index (κ1) is 25.8. The molecule has 0 bridgehead atoms. The first-order chi connectivity index (χ1) is 16.4. The van der Waals surface area contributed by atoms with E-state index in [2.05, 4.69) is 5.32 Å². The lowest BCUT2D eigenvalue weighted by molar-refractivity contribution is -0.126. The Morgan fingerprint density at radius 1 is 1.06 bits per heavy atom. The lowest BCUT2D eigenvalue weighted by Gasteiger charge is -2.35. The number of nitrogens with zero attached hydrogens (tertiary/aromatic N) is 2. The highest BCUT2D eigenvalue weighted by Gasteiger charge is 2.35. The van der Waals surface area contributed by atoms with Gasteiger partial charge in [-0.3, -0.25) is 9.10 Å². The van der Waals surface area contributed by atoms with Gasteiger partial charge < -0.3 is 14.8 Å². The second-order valence-electron chi connectivity index (χ2n) is 8.06. The van der Waals surface area contributed by atoms with Gasteiger partial charge in [-0.25, -0.2) is 0 Å². The van der Waals surface area contributed by atoms with Crippen molar-refractivity contribution in [2.45, 2.75) is 40.2 Å². The normalized spacial score (nSPS) is 16.6. The van der Waals surface area contributed by atoms with E-state index in [0.717, 1.165) is 11.3 Å². The minimum Gasteiger partial charge on any atom is -0.494 e. The number of anilines is 1. The molecular weight excluding hydrogens is 454 g/mol. The molecule has 1 amide bonds. The Labute approximate surface area is 203 Å². The van der Waals surface area contributed by atoms with E-state index in [1.54, 1.807) is 31.2 Å². The fourth-order valence-electron chi connectivity index (χ4n) is 4.13.